The van der Waals surface area contributed by atoms with Gasteiger partial charge in [-0.1, -0.05) is 115 Å². The SMILES string of the molecule is Cc1ccc(S(=O)(=O)NC(C(=O)OCc2ccccc2)C(O)c2ccc(OCc3ccccc3)c(OCc3ccccc3)c2)cc1. The maximum atomic E-state index is 13.5. The lowest BCUT2D eigenvalue weighted by Gasteiger charge is -2.24. The largest absolute Gasteiger partial charge is 0.485 e. The first-order valence-corrected chi connectivity index (χ1v) is 16.2. The van der Waals surface area contributed by atoms with Crippen molar-refractivity contribution in [2.45, 2.75) is 43.8 Å². The van der Waals surface area contributed by atoms with Crippen LogP contribution in [0.2, 0.25) is 0 Å². The van der Waals surface area contributed by atoms with E-state index in [0.29, 0.717) is 17.1 Å². The van der Waals surface area contributed by atoms with Gasteiger partial charge in [-0.05, 0) is 53.4 Å². The molecule has 0 aromatic heterocycles. The lowest BCUT2D eigenvalue weighted by atomic mass is 10.0. The Morgan fingerprint density at radius 3 is 1.72 bits per heavy atom. The molecule has 0 aliphatic rings. The van der Waals surface area contributed by atoms with E-state index in [9.17, 15) is 18.3 Å². The van der Waals surface area contributed by atoms with E-state index < -0.39 is 28.1 Å². The molecule has 9 heteroatoms. The molecule has 0 fully saturated rings. The van der Waals surface area contributed by atoms with E-state index in [2.05, 4.69) is 4.72 Å². The second-order valence-corrected chi connectivity index (χ2v) is 12.4. The number of sulfonamides is 1. The van der Waals surface area contributed by atoms with Gasteiger partial charge in [-0.25, -0.2) is 8.42 Å². The molecular formula is C37H35NO7S. The highest BCUT2D eigenvalue weighted by Gasteiger charge is 2.35. The van der Waals surface area contributed by atoms with Crippen LogP contribution < -0.4 is 14.2 Å². The fourth-order valence-electron chi connectivity index (χ4n) is 4.62. The summed E-state index contributed by atoms with van der Waals surface area (Å²) >= 11 is 0. The Morgan fingerprint density at radius 1 is 0.674 bits per heavy atom. The fourth-order valence-corrected chi connectivity index (χ4v) is 5.81. The third kappa shape index (κ3) is 8.82. The Balaban J connectivity index is 1.44. The summed E-state index contributed by atoms with van der Waals surface area (Å²) in [6, 6.07) is 37.4. The normalized spacial score (nSPS) is 12.6. The van der Waals surface area contributed by atoms with Crippen molar-refractivity contribution in [2.24, 2.45) is 0 Å². The smallest absolute Gasteiger partial charge is 0.327 e. The van der Waals surface area contributed by atoms with Gasteiger partial charge >= 0.3 is 5.97 Å². The molecule has 5 aromatic rings. The molecule has 0 amide bonds. The van der Waals surface area contributed by atoms with Crippen LogP contribution in [0.1, 0.15) is 33.9 Å². The zero-order valence-corrected chi connectivity index (χ0v) is 26.1. The molecule has 5 aromatic carbocycles. The lowest BCUT2D eigenvalue weighted by molar-refractivity contribution is -0.150. The lowest BCUT2D eigenvalue weighted by Crippen LogP contribution is -2.45. The van der Waals surface area contributed by atoms with E-state index in [-0.39, 0.29) is 30.3 Å². The minimum absolute atomic E-state index is 0.0531. The van der Waals surface area contributed by atoms with E-state index in [1.807, 2.05) is 73.7 Å². The molecule has 2 N–H and O–H groups in total. The van der Waals surface area contributed by atoms with E-state index in [0.717, 1.165) is 16.7 Å². The van der Waals surface area contributed by atoms with Gasteiger partial charge in [0.2, 0.25) is 10.0 Å². The number of hydrogen-bond acceptors (Lipinski definition) is 7. The summed E-state index contributed by atoms with van der Waals surface area (Å²) in [5.41, 5.74) is 3.67. The maximum Gasteiger partial charge on any atom is 0.327 e. The predicted molar refractivity (Wildman–Crippen MR) is 174 cm³/mol. The van der Waals surface area contributed by atoms with Gasteiger partial charge in [-0.3, -0.25) is 4.79 Å². The fraction of sp³-hybridized carbons (Fsp3) is 0.162. The van der Waals surface area contributed by atoms with Crippen LogP contribution in [0.25, 0.3) is 0 Å². The maximum absolute atomic E-state index is 13.5. The number of rotatable bonds is 14. The van der Waals surface area contributed by atoms with Gasteiger partial charge in [-0.2, -0.15) is 4.72 Å². The van der Waals surface area contributed by atoms with E-state index in [1.54, 1.807) is 54.6 Å². The highest BCUT2D eigenvalue weighted by molar-refractivity contribution is 7.89. The number of ether oxygens (including phenoxy) is 3. The zero-order valence-electron chi connectivity index (χ0n) is 25.3. The molecule has 0 aliphatic carbocycles. The first-order valence-electron chi connectivity index (χ1n) is 14.7. The van der Waals surface area contributed by atoms with Crippen molar-refractivity contribution in [1.29, 1.82) is 0 Å². The third-order valence-corrected chi connectivity index (χ3v) is 8.65. The molecule has 2 unspecified atom stereocenters. The predicted octanol–water partition coefficient (Wildman–Crippen LogP) is 6.28. The number of benzene rings is 5. The summed E-state index contributed by atoms with van der Waals surface area (Å²) in [4.78, 5) is 13.4. The van der Waals surface area contributed by atoms with Crippen LogP contribution in [-0.4, -0.2) is 25.5 Å². The molecule has 0 saturated carbocycles. The number of nitrogens with one attached hydrogen (secondary N) is 1. The van der Waals surface area contributed by atoms with Crippen LogP contribution in [-0.2, 0) is 39.4 Å². The van der Waals surface area contributed by atoms with Crippen molar-refractivity contribution >= 4 is 16.0 Å². The van der Waals surface area contributed by atoms with Gasteiger partial charge in [0.05, 0.1) is 4.90 Å². The molecule has 0 aliphatic heterocycles. The van der Waals surface area contributed by atoms with Gasteiger partial charge in [0.15, 0.2) is 11.5 Å². The van der Waals surface area contributed by atoms with Gasteiger partial charge in [0.1, 0.15) is 32.0 Å². The van der Waals surface area contributed by atoms with E-state index >= 15 is 0 Å². The molecule has 0 radical (unpaired) electrons. The van der Waals surface area contributed by atoms with E-state index in [1.165, 1.54) is 12.1 Å². The number of esters is 1. The molecular weight excluding hydrogens is 602 g/mol. The van der Waals surface area contributed by atoms with Gasteiger partial charge in [0.25, 0.3) is 0 Å². The highest BCUT2D eigenvalue weighted by atomic mass is 32.2. The average Bonchev–Trinajstić information content (AvgIpc) is 3.09. The summed E-state index contributed by atoms with van der Waals surface area (Å²) in [7, 11) is -4.23. The number of aryl methyl sites for hydroxylation is 1. The zero-order chi connectivity index (χ0) is 32.4. The number of carbonyl (C=O) groups excluding carboxylic acids is 1. The van der Waals surface area contributed by atoms with Gasteiger partial charge < -0.3 is 19.3 Å². The first kappa shape index (κ1) is 32.4. The van der Waals surface area contributed by atoms with Crippen LogP contribution in [0.4, 0.5) is 0 Å². The van der Waals surface area contributed by atoms with Crippen LogP contribution >= 0.6 is 0 Å². The summed E-state index contributed by atoms with van der Waals surface area (Å²) in [5.74, 6) is -0.212. The minimum atomic E-state index is -4.23. The molecule has 8 nitrogen and oxygen atoms in total. The molecule has 0 bridgehead atoms. The number of carbonyl (C=O) groups is 1. The summed E-state index contributed by atoms with van der Waals surface area (Å²) in [5, 5.41) is 11.6. The van der Waals surface area contributed by atoms with Crippen molar-refractivity contribution in [1.82, 2.24) is 4.72 Å². The molecule has 0 spiro atoms. The van der Waals surface area contributed by atoms with Crippen LogP contribution in [0, 0.1) is 6.92 Å². The summed E-state index contributed by atoms with van der Waals surface area (Å²) in [6.07, 6.45) is -1.63. The second-order valence-electron chi connectivity index (χ2n) is 10.7. The van der Waals surface area contributed by atoms with Crippen molar-refractivity contribution in [2.75, 3.05) is 0 Å². The Labute approximate surface area is 269 Å². The van der Waals surface area contributed by atoms with Crippen molar-refractivity contribution in [3.05, 3.63) is 161 Å². The monoisotopic (exact) mass is 637 g/mol. The molecule has 5 rings (SSSR count). The van der Waals surface area contributed by atoms with Crippen molar-refractivity contribution < 1.29 is 32.5 Å². The Kier molecular flexibility index (Phi) is 10.8. The molecule has 0 heterocycles. The summed E-state index contributed by atoms with van der Waals surface area (Å²) in [6.45, 7) is 2.22. The van der Waals surface area contributed by atoms with Gasteiger partial charge in [0, 0.05) is 0 Å². The number of aliphatic hydroxyl groups is 1. The van der Waals surface area contributed by atoms with Crippen LogP contribution in [0.15, 0.2) is 138 Å². The standard InChI is InChI=1S/C37H35NO7S/c1-27-17-20-32(21-18-27)46(41,42)38-35(37(40)45-26-30-15-9-4-10-16-30)36(39)31-19-22-33(43-24-28-11-5-2-6-12-28)34(23-31)44-25-29-13-7-3-8-14-29/h2-23,35-36,38-39H,24-26H2,1H3. The Bertz CT molecular complexity index is 1820. The quantitative estimate of drug-likeness (QED) is 0.138. The summed E-state index contributed by atoms with van der Waals surface area (Å²) < 4.78 is 46.9. The molecule has 46 heavy (non-hydrogen) atoms. The first-order chi connectivity index (χ1) is 22.3. The molecule has 0 saturated heterocycles. The second kappa shape index (κ2) is 15.4. The molecule has 2 atom stereocenters. The van der Waals surface area contributed by atoms with Crippen molar-refractivity contribution in [3.8, 4) is 11.5 Å². The average molecular weight is 638 g/mol. The highest BCUT2D eigenvalue weighted by Crippen LogP contribution is 2.33. The van der Waals surface area contributed by atoms with Crippen LogP contribution in [0.5, 0.6) is 11.5 Å². The minimum Gasteiger partial charge on any atom is -0.485 e. The van der Waals surface area contributed by atoms with Gasteiger partial charge in [-0.15, -0.1) is 0 Å². The Hall–Kier alpha value is -4.96. The number of hydrogen-bond donors (Lipinski definition) is 2. The third-order valence-electron chi connectivity index (χ3n) is 7.19. The van der Waals surface area contributed by atoms with Crippen LogP contribution in [0.3, 0.4) is 0 Å². The molecule has 236 valence electrons. The topological polar surface area (TPSA) is 111 Å². The number of aliphatic hydroxyl groups excluding tert-OH is 1. The van der Waals surface area contributed by atoms with E-state index in [4.69, 9.17) is 14.2 Å². The Morgan fingerprint density at radius 2 is 1.17 bits per heavy atom. The van der Waals surface area contributed by atoms with Crippen molar-refractivity contribution in [3.63, 3.8) is 0 Å².